The van der Waals surface area contributed by atoms with Gasteiger partial charge in [-0.05, 0) is 23.3 Å². The summed E-state index contributed by atoms with van der Waals surface area (Å²) in [4.78, 5) is 12.1. The van der Waals surface area contributed by atoms with Gasteiger partial charge in [-0.1, -0.05) is 71.9 Å². The van der Waals surface area contributed by atoms with E-state index in [1.807, 2.05) is 60.7 Å². The largest absolute Gasteiger partial charge is 0.465 e. The van der Waals surface area contributed by atoms with Gasteiger partial charge in [0.15, 0.2) is 12.4 Å². The molecule has 0 spiro atoms. The van der Waals surface area contributed by atoms with Crippen LogP contribution in [0, 0.1) is 0 Å². The van der Waals surface area contributed by atoms with E-state index >= 15 is 4.39 Å². The first-order chi connectivity index (χ1) is 17.7. The molecule has 1 aromatic heterocycles. The fourth-order valence-electron chi connectivity index (χ4n) is 4.28. The Bertz CT molecular complexity index is 1300. The van der Waals surface area contributed by atoms with Crippen LogP contribution in [0.2, 0.25) is 0 Å². The van der Waals surface area contributed by atoms with Crippen LogP contribution >= 0.6 is 0 Å². The Morgan fingerprint density at radius 1 is 0.972 bits per heavy atom. The molecule has 186 valence electrons. The van der Waals surface area contributed by atoms with Gasteiger partial charge in [-0.15, -0.1) is 5.10 Å². The minimum atomic E-state index is -1.55. The highest BCUT2D eigenvalue weighted by molar-refractivity contribution is 6.01. The number of nitrogens with zero attached hydrogens (tertiary/aromatic N) is 3. The number of halogens is 1. The van der Waals surface area contributed by atoms with Gasteiger partial charge >= 0.3 is 5.97 Å². The number of alkyl halides is 1. The van der Waals surface area contributed by atoms with Crippen LogP contribution in [0.3, 0.4) is 0 Å². The molecular formula is C27H26FN3O5. The lowest BCUT2D eigenvalue weighted by atomic mass is 10.1. The minimum absolute atomic E-state index is 0.130. The fraction of sp³-hybridized carbons (Fsp3) is 0.296. The monoisotopic (exact) mass is 491 g/mol. The number of fused-ring (bicyclic) bond motifs is 1. The maximum absolute atomic E-state index is 15.9. The summed E-state index contributed by atoms with van der Waals surface area (Å²) in [5, 5.41) is 8.22. The van der Waals surface area contributed by atoms with Crippen LogP contribution in [0.25, 0.3) is 11.0 Å². The molecule has 5 rings (SSSR count). The van der Waals surface area contributed by atoms with Crippen molar-refractivity contribution in [2.24, 2.45) is 0 Å². The Kier molecular flexibility index (Phi) is 7.31. The first-order valence-corrected chi connectivity index (χ1v) is 11.6. The predicted octanol–water partition coefficient (Wildman–Crippen LogP) is 4.26. The predicted molar refractivity (Wildman–Crippen MR) is 129 cm³/mol. The second kappa shape index (κ2) is 10.9. The van der Waals surface area contributed by atoms with Gasteiger partial charge in [0.1, 0.15) is 17.7 Å². The van der Waals surface area contributed by atoms with E-state index in [1.54, 1.807) is 18.2 Å². The van der Waals surface area contributed by atoms with Gasteiger partial charge in [0.2, 0.25) is 0 Å². The molecular weight excluding hydrogens is 465 g/mol. The number of carbonyl (C=O) groups is 1. The topological polar surface area (TPSA) is 84.7 Å². The molecule has 0 bridgehead atoms. The first-order valence-electron chi connectivity index (χ1n) is 11.6. The molecule has 0 unspecified atom stereocenters. The number of hydrogen-bond donors (Lipinski definition) is 0. The zero-order chi connectivity index (χ0) is 24.9. The van der Waals surface area contributed by atoms with Crippen molar-refractivity contribution in [1.82, 2.24) is 15.0 Å². The molecule has 0 saturated carbocycles. The molecule has 0 radical (unpaired) electrons. The molecule has 36 heavy (non-hydrogen) atoms. The summed E-state index contributed by atoms with van der Waals surface area (Å²) in [6.45, 7) is 0.718. The third kappa shape index (κ3) is 4.99. The van der Waals surface area contributed by atoms with Crippen LogP contribution in [-0.4, -0.2) is 53.1 Å². The van der Waals surface area contributed by atoms with Crippen LogP contribution in [0.15, 0.2) is 78.9 Å². The maximum atomic E-state index is 15.9. The minimum Gasteiger partial charge on any atom is -0.465 e. The summed E-state index contributed by atoms with van der Waals surface area (Å²) in [6, 6.07) is 24.2. The molecule has 1 saturated heterocycles. The van der Waals surface area contributed by atoms with Crippen molar-refractivity contribution in [1.29, 1.82) is 0 Å². The van der Waals surface area contributed by atoms with Gasteiger partial charge in [-0.3, -0.25) is 0 Å². The highest BCUT2D eigenvalue weighted by Gasteiger charge is 2.48. The Hall–Kier alpha value is -3.66. The Morgan fingerprint density at radius 3 is 2.36 bits per heavy atom. The van der Waals surface area contributed by atoms with E-state index in [1.165, 1.54) is 11.8 Å². The fourth-order valence-corrected chi connectivity index (χ4v) is 4.28. The zero-order valence-corrected chi connectivity index (χ0v) is 19.7. The van der Waals surface area contributed by atoms with Crippen LogP contribution in [0.5, 0.6) is 0 Å². The molecule has 1 aliphatic rings. The molecule has 0 N–H and O–H groups in total. The summed E-state index contributed by atoms with van der Waals surface area (Å²) in [5.41, 5.74) is 2.94. The number of carbonyl (C=O) groups excluding carboxylic acids is 1. The van der Waals surface area contributed by atoms with Gasteiger partial charge in [0, 0.05) is 0 Å². The Balaban J connectivity index is 1.37. The van der Waals surface area contributed by atoms with E-state index in [2.05, 4.69) is 10.3 Å². The van der Waals surface area contributed by atoms with Crippen LogP contribution in [0.1, 0.15) is 27.7 Å². The number of rotatable bonds is 9. The lowest BCUT2D eigenvalue weighted by Crippen LogP contribution is -2.34. The SMILES string of the molecule is COC(=O)c1cccc2c1nnn2[C@@H]1O[C@H](COCc2ccccc2)[C@@H](OCc2ccccc2)[C@H]1F. The van der Waals surface area contributed by atoms with Crippen LogP contribution < -0.4 is 0 Å². The summed E-state index contributed by atoms with van der Waals surface area (Å²) in [5.74, 6) is -0.548. The maximum Gasteiger partial charge on any atom is 0.340 e. The number of benzene rings is 3. The number of methoxy groups -OCH3 is 1. The normalized spacial score (nSPS) is 21.6. The van der Waals surface area contributed by atoms with Crippen molar-refractivity contribution in [3.05, 3.63) is 95.6 Å². The van der Waals surface area contributed by atoms with E-state index in [-0.39, 0.29) is 18.8 Å². The molecule has 3 aromatic carbocycles. The second-order valence-corrected chi connectivity index (χ2v) is 8.47. The lowest BCUT2D eigenvalue weighted by molar-refractivity contribution is -0.0839. The van der Waals surface area contributed by atoms with Crippen molar-refractivity contribution in [3.8, 4) is 0 Å². The zero-order valence-electron chi connectivity index (χ0n) is 19.7. The quantitative estimate of drug-likeness (QED) is 0.324. The van der Waals surface area contributed by atoms with Crippen LogP contribution in [0.4, 0.5) is 4.39 Å². The van der Waals surface area contributed by atoms with E-state index < -0.39 is 30.6 Å². The van der Waals surface area contributed by atoms with Gasteiger partial charge in [0.25, 0.3) is 0 Å². The van der Waals surface area contributed by atoms with Crippen molar-refractivity contribution < 1.29 is 28.1 Å². The van der Waals surface area contributed by atoms with Crippen molar-refractivity contribution >= 4 is 17.0 Å². The number of aromatic nitrogens is 3. The number of esters is 1. The van der Waals surface area contributed by atoms with Gasteiger partial charge in [0.05, 0.1) is 38.0 Å². The molecule has 2 heterocycles. The molecule has 4 aromatic rings. The second-order valence-electron chi connectivity index (χ2n) is 8.47. The number of ether oxygens (including phenoxy) is 4. The van der Waals surface area contributed by atoms with Gasteiger partial charge in [-0.25, -0.2) is 13.9 Å². The van der Waals surface area contributed by atoms with Gasteiger partial charge in [-0.2, -0.15) is 0 Å². The molecule has 1 fully saturated rings. The standard InChI is InChI=1S/C27H26FN3O5/c1-33-27(32)20-13-8-14-21-24(20)29-30-31(21)26-23(28)25(35-16-19-11-6-3-7-12-19)22(36-26)17-34-15-18-9-4-2-5-10-18/h2-14,22-23,25-26H,15-17H2,1H3/t22-,23-,25-,26-/m1/s1. The Labute approximate surface area is 207 Å². The highest BCUT2D eigenvalue weighted by atomic mass is 19.1. The summed E-state index contributed by atoms with van der Waals surface area (Å²) in [6.07, 6.45) is -4.23. The molecule has 4 atom stereocenters. The summed E-state index contributed by atoms with van der Waals surface area (Å²) < 4.78 is 40.1. The van der Waals surface area contributed by atoms with E-state index in [9.17, 15) is 4.79 Å². The summed E-state index contributed by atoms with van der Waals surface area (Å²) >= 11 is 0. The summed E-state index contributed by atoms with van der Waals surface area (Å²) in [7, 11) is 1.29. The lowest BCUT2D eigenvalue weighted by Gasteiger charge is -2.20. The third-order valence-corrected chi connectivity index (χ3v) is 6.09. The first kappa shape index (κ1) is 24.1. The van der Waals surface area contributed by atoms with E-state index in [0.29, 0.717) is 17.6 Å². The molecule has 0 amide bonds. The number of hydrogen-bond acceptors (Lipinski definition) is 7. The van der Waals surface area contributed by atoms with Crippen LogP contribution in [-0.2, 0) is 32.2 Å². The smallest absolute Gasteiger partial charge is 0.340 e. The van der Waals surface area contributed by atoms with Gasteiger partial charge < -0.3 is 18.9 Å². The van der Waals surface area contributed by atoms with E-state index in [0.717, 1.165) is 11.1 Å². The van der Waals surface area contributed by atoms with Crippen molar-refractivity contribution in [3.63, 3.8) is 0 Å². The average molecular weight is 492 g/mol. The van der Waals surface area contributed by atoms with Crippen molar-refractivity contribution in [2.75, 3.05) is 13.7 Å². The molecule has 9 heteroatoms. The average Bonchev–Trinajstić information content (AvgIpc) is 3.48. The molecule has 0 aliphatic carbocycles. The molecule has 1 aliphatic heterocycles. The Morgan fingerprint density at radius 2 is 1.67 bits per heavy atom. The molecule has 8 nitrogen and oxygen atoms in total. The van der Waals surface area contributed by atoms with Crippen molar-refractivity contribution in [2.45, 2.75) is 37.8 Å². The highest BCUT2D eigenvalue weighted by Crippen LogP contribution is 2.36. The third-order valence-electron chi connectivity index (χ3n) is 6.09. The van der Waals surface area contributed by atoms with E-state index in [4.69, 9.17) is 18.9 Å².